The highest BCUT2D eigenvalue weighted by Gasteiger charge is 2.09. The van der Waals surface area contributed by atoms with Gasteiger partial charge in [-0.15, -0.1) is 0 Å². The molecule has 0 saturated heterocycles. The predicted octanol–water partition coefficient (Wildman–Crippen LogP) is 1.95. The zero-order valence-corrected chi connectivity index (χ0v) is 14.1. The van der Waals surface area contributed by atoms with Crippen molar-refractivity contribution in [1.29, 1.82) is 0 Å². The van der Waals surface area contributed by atoms with Crippen LogP contribution in [0.4, 0.5) is 0 Å². The molecule has 0 aliphatic rings. The number of aromatic nitrogens is 3. The minimum atomic E-state index is -1.01. The second kappa shape index (κ2) is 7.35. The maximum Gasteiger partial charge on any atom is 0.252 e. The number of aryl methyl sites for hydroxylation is 1. The number of H-pyrrole nitrogens is 1. The Kier molecular flexibility index (Phi) is 5.00. The van der Waals surface area contributed by atoms with Crippen LogP contribution < -0.4 is 5.32 Å². The van der Waals surface area contributed by atoms with Crippen molar-refractivity contribution in [2.75, 3.05) is 12.3 Å². The third-order valence-electron chi connectivity index (χ3n) is 3.50. The molecule has 2 heterocycles. The van der Waals surface area contributed by atoms with Crippen LogP contribution in [-0.2, 0) is 16.6 Å². The molecule has 0 radical (unpaired) electrons. The highest BCUT2D eigenvalue weighted by Crippen LogP contribution is 2.10. The van der Waals surface area contributed by atoms with E-state index < -0.39 is 10.8 Å². The van der Waals surface area contributed by atoms with Gasteiger partial charge in [0.2, 0.25) is 0 Å². The summed E-state index contributed by atoms with van der Waals surface area (Å²) in [5, 5.41) is 2.78. The number of aromatic amines is 1. The Morgan fingerprint density at radius 1 is 1.29 bits per heavy atom. The fourth-order valence-corrected chi connectivity index (χ4v) is 3.40. The van der Waals surface area contributed by atoms with E-state index in [-0.39, 0.29) is 5.91 Å². The Hall–Kier alpha value is -2.54. The maximum absolute atomic E-state index is 12.2. The van der Waals surface area contributed by atoms with Gasteiger partial charge < -0.3 is 10.3 Å². The molecule has 1 atom stereocenters. The summed E-state index contributed by atoms with van der Waals surface area (Å²) in [5.41, 5.74) is 2.81. The number of rotatable bonds is 6. The summed E-state index contributed by atoms with van der Waals surface area (Å²) in [4.78, 5) is 23.6. The molecule has 0 aliphatic carbocycles. The summed E-state index contributed by atoms with van der Waals surface area (Å²) in [6.45, 7) is 2.20. The topological polar surface area (TPSA) is 87.7 Å². The lowest BCUT2D eigenvalue weighted by atomic mass is 10.2. The minimum absolute atomic E-state index is 0.228. The number of imidazole rings is 1. The van der Waals surface area contributed by atoms with Crippen molar-refractivity contribution < 1.29 is 9.00 Å². The summed E-state index contributed by atoms with van der Waals surface area (Å²) in [6, 6.07) is 11.4. The number of pyridine rings is 1. The molecule has 24 heavy (non-hydrogen) atoms. The summed E-state index contributed by atoms with van der Waals surface area (Å²) in [6.07, 6.45) is 1.50. The Labute approximate surface area is 142 Å². The molecule has 0 fully saturated rings. The lowest BCUT2D eigenvalue weighted by molar-refractivity contribution is 0.0956. The third kappa shape index (κ3) is 4.05. The number of hydrogen-bond acceptors (Lipinski definition) is 4. The first kappa shape index (κ1) is 16.3. The van der Waals surface area contributed by atoms with Crippen molar-refractivity contribution >= 4 is 27.9 Å². The molecular formula is C17H18N4O2S. The zero-order valence-electron chi connectivity index (χ0n) is 13.3. The van der Waals surface area contributed by atoms with E-state index >= 15 is 0 Å². The molecule has 3 aromatic rings. The Balaban J connectivity index is 1.52. The van der Waals surface area contributed by atoms with Crippen molar-refractivity contribution in [3.63, 3.8) is 0 Å². The lowest BCUT2D eigenvalue weighted by Gasteiger charge is -2.05. The van der Waals surface area contributed by atoms with E-state index in [1.807, 2.05) is 37.3 Å². The van der Waals surface area contributed by atoms with Crippen LogP contribution in [0.2, 0.25) is 0 Å². The van der Waals surface area contributed by atoms with E-state index in [1.165, 1.54) is 6.20 Å². The fourth-order valence-electron chi connectivity index (χ4n) is 2.36. The van der Waals surface area contributed by atoms with E-state index in [1.54, 1.807) is 6.07 Å². The van der Waals surface area contributed by atoms with Crippen LogP contribution in [0.1, 0.15) is 21.7 Å². The van der Waals surface area contributed by atoms with Crippen LogP contribution in [0.25, 0.3) is 11.2 Å². The molecule has 0 aliphatic heterocycles. The van der Waals surface area contributed by atoms with Gasteiger partial charge in [-0.05, 0) is 18.6 Å². The summed E-state index contributed by atoms with van der Waals surface area (Å²) < 4.78 is 12.0. The molecule has 124 valence electrons. The maximum atomic E-state index is 12.2. The van der Waals surface area contributed by atoms with Gasteiger partial charge in [0.1, 0.15) is 5.82 Å². The smallest absolute Gasteiger partial charge is 0.252 e. The molecule has 1 unspecified atom stereocenters. The van der Waals surface area contributed by atoms with Gasteiger partial charge in [-0.25, -0.2) is 9.97 Å². The quantitative estimate of drug-likeness (QED) is 0.717. The Morgan fingerprint density at radius 3 is 2.88 bits per heavy atom. The van der Waals surface area contributed by atoms with Crippen molar-refractivity contribution in [3.05, 3.63) is 59.5 Å². The fraction of sp³-hybridized carbons (Fsp3) is 0.235. The molecule has 0 bridgehead atoms. The molecule has 3 rings (SSSR count). The van der Waals surface area contributed by atoms with Crippen LogP contribution in [0.3, 0.4) is 0 Å². The molecule has 6 nitrogen and oxygen atoms in total. The van der Waals surface area contributed by atoms with Crippen molar-refractivity contribution in [2.45, 2.75) is 12.7 Å². The van der Waals surface area contributed by atoms with Crippen LogP contribution in [0.15, 0.2) is 42.6 Å². The Bertz CT molecular complexity index is 877. The van der Waals surface area contributed by atoms with Gasteiger partial charge in [-0.3, -0.25) is 9.00 Å². The Morgan fingerprint density at radius 2 is 2.08 bits per heavy atom. The van der Waals surface area contributed by atoms with Gasteiger partial charge in [0, 0.05) is 35.0 Å². The normalized spacial score (nSPS) is 12.2. The van der Waals surface area contributed by atoms with E-state index in [0.29, 0.717) is 29.3 Å². The van der Waals surface area contributed by atoms with Crippen LogP contribution in [-0.4, -0.2) is 37.4 Å². The van der Waals surface area contributed by atoms with Gasteiger partial charge in [0.05, 0.1) is 11.1 Å². The molecular weight excluding hydrogens is 324 g/mol. The number of hydrogen-bond donors (Lipinski definition) is 2. The molecule has 0 saturated carbocycles. The SMILES string of the molecule is Cc1nc2ncc(C(=O)NCCS(=O)Cc3ccccc3)cc2[nH]1. The molecule has 2 N–H and O–H groups in total. The van der Waals surface area contributed by atoms with Crippen LogP contribution in [0.5, 0.6) is 0 Å². The zero-order chi connectivity index (χ0) is 16.9. The number of benzene rings is 1. The van der Waals surface area contributed by atoms with Gasteiger partial charge in [-0.2, -0.15) is 0 Å². The number of fused-ring (bicyclic) bond motifs is 1. The predicted molar refractivity (Wildman–Crippen MR) is 94.1 cm³/mol. The molecule has 0 spiro atoms. The first-order valence-corrected chi connectivity index (χ1v) is 9.10. The molecule has 1 amide bonds. The van der Waals surface area contributed by atoms with Gasteiger partial charge >= 0.3 is 0 Å². The van der Waals surface area contributed by atoms with Crippen molar-refractivity contribution in [2.24, 2.45) is 0 Å². The number of carbonyl (C=O) groups excluding carboxylic acids is 1. The second-order valence-electron chi connectivity index (χ2n) is 5.45. The summed E-state index contributed by atoms with van der Waals surface area (Å²) in [7, 11) is -1.01. The van der Waals surface area contributed by atoms with E-state index in [0.717, 1.165) is 16.9 Å². The van der Waals surface area contributed by atoms with Crippen molar-refractivity contribution in [3.8, 4) is 0 Å². The number of carbonyl (C=O) groups is 1. The molecule has 1 aromatic carbocycles. The second-order valence-corrected chi connectivity index (χ2v) is 7.02. The minimum Gasteiger partial charge on any atom is -0.351 e. The lowest BCUT2D eigenvalue weighted by Crippen LogP contribution is -2.28. The van der Waals surface area contributed by atoms with Gasteiger partial charge in [0.15, 0.2) is 5.65 Å². The average Bonchev–Trinajstić information content (AvgIpc) is 2.94. The largest absolute Gasteiger partial charge is 0.351 e. The first-order valence-electron chi connectivity index (χ1n) is 7.61. The van der Waals surface area contributed by atoms with Crippen molar-refractivity contribution in [1.82, 2.24) is 20.3 Å². The van der Waals surface area contributed by atoms with E-state index in [9.17, 15) is 9.00 Å². The third-order valence-corrected chi connectivity index (χ3v) is 4.82. The van der Waals surface area contributed by atoms with Crippen LogP contribution >= 0.6 is 0 Å². The molecule has 7 heteroatoms. The monoisotopic (exact) mass is 342 g/mol. The highest BCUT2D eigenvalue weighted by molar-refractivity contribution is 7.84. The summed E-state index contributed by atoms with van der Waals surface area (Å²) >= 11 is 0. The summed E-state index contributed by atoms with van der Waals surface area (Å²) in [5.74, 6) is 1.44. The van der Waals surface area contributed by atoms with E-state index in [2.05, 4.69) is 20.3 Å². The molecule has 2 aromatic heterocycles. The average molecular weight is 342 g/mol. The number of nitrogens with one attached hydrogen (secondary N) is 2. The van der Waals surface area contributed by atoms with Crippen LogP contribution in [0, 0.1) is 6.92 Å². The first-order chi connectivity index (χ1) is 11.6. The van der Waals surface area contributed by atoms with Gasteiger partial charge in [-0.1, -0.05) is 30.3 Å². The standard InChI is InChI=1S/C17H18N4O2S/c1-12-20-15-9-14(10-19-16(15)21-12)17(22)18-7-8-24(23)11-13-5-3-2-4-6-13/h2-6,9-10H,7-8,11H2,1H3,(H,18,22)(H,19,20,21). The van der Waals surface area contributed by atoms with E-state index in [4.69, 9.17) is 0 Å². The number of nitrogens with zero attached hydrogens (tertiary/aromatic N) is 2. The highest BCUT2D eigenvalue weighted by atomic mass is 32.2. The number of amides is 1. The van der Waals surface area contributed by atoms with Gasteiger partial charge in [0.25, 0.3) is 5.91 Å².